The zero-order valence-electron chi connectivity index (χ0n) is 14.2. The first kappa shape index (κ1) is 16.8. The van der Waals surface area contributed by atoms with Crippen molar-refractivity contribution in [2.45, 2.75) is 31.4 Å². The van der Waals surface area contributed by atoms with E-state index in [1.165, 1.54) is 5.56 Å². The summed E-state index contributed by atoms with van der Waals surface area (Å²) < 4.78 is 5.58. The first-order valence-electron chi connectivity index (χ1n) is 8.09. The second-order valence-corrected chi connectivity index (χ2v) is 7.45. The molecule has 0 aromatic heterocycles. The van der Waals surface area contributed by atoms with Crippen molar-refractivity contribution in [3.8, 4) is 0 Å². The zero-order valence-corrected chi connectivity index (χ0v) is 15.0. The van der Waals surface area contributed by atoms with Crippen LogP contribution in [0.5, 0.6) is 0 Å². The molecule has 0 N–H and O–H groups in total. The molecule has 0 unspecified atom stereocenters. The van der Waals surface area contributed by atoms with Crippen LogP contribution in [-0.4, -0.2) is 16.7 Å². The van der Waals surface area contributed by atoms with E-state index in [4.69, 9.17) is 9.73 Å². The summed E-state index contributed by atoms with van der Waals surface area (Å²) in [5.41, 5.74) is 3.11. The molecule has 0 radical (unpaired) electrons. The molecule has 2 aromatic rings. The number of rotatable bonds is 5. The maximum Gasteiger partial charge on any atom is 0.351 e. The minimum Gasteiger partial charge on any atom is -0.405 e. The number of cyclic esters (lactones) is 1. The fourth-order valence-electron chi connectivity index (χ4n) is 2.70. The van der Waals surface area contributed by atoms with Crippen LogP contribution in [-0.2, 0) is 15.3 Å². The Bertz CT molecular complexity index is 770. The van der Waals surface area contributed by atoms with Crippen LogP contribution in [0, 0.1) is 12.8 Å². The highest BCUT2D eigenvalue weighted by Gasteiger charge is 2.49. The number of hydrogen-bond acceptors (Lipinski definition) is 4. The molecule has 24 heavy (non-hydrogen) atoms. The maximum absolute atomic E-state index is 12.7. The van der Waals surface area contributed by atoms with Crippen LogP contribution in [0.25, 0.3) is 0 Å². The van der Waals surface area contributed by atoms with Gasteiger partial charge >= 0.3 is 5.97 Å². The monoisotopic (exact) mass is 339 g/mol. The van der Waals surface area contributed by atoms with Crippen molar-refractivity contribution in [2.75, 3.05) is 0 Å². The minimum absolute atomic E-state index is 0.0419. The topological polar surface area (TPSA) is 38.7 Å². The van der Waals surface area contributed by atoms with Crippen LogP contribution in [0.4, 0.5) is 0 Å². The summed E-state index contributed by atoms with van der Waals surface area (Å²) in [5, 5.41) is 0. The van der Waals surface area contributed by atoms with Crippen molar-refractivity contribution >= 4 is 23.6 Å². The molecule has 0 saturated carbocycles. The number of carbonyl (C=O) groups is 1. The van der Waals surface area contributed by atoms with Gasteiger partial charge in [0.2, 0.25) is 10.8 Å². The molecule has 3 nitrogen and oxygen atoms in total. The number of ether oxygens (including phenoxy) is 1. The van der Waals surface area contributed by atoms with Crippen molar-refractivity contribution in [1.29, 1.82) is 0 Å². The average molecular weight is 339 g/mol. The van der Waals surface area contributed by atoms with Crippen molar-refractivity contribution in [3.63, 3.8) is 0 Å². The number of nitrogens with zero attached hydrogens (tertiary/aromatic N) is 1. The fraction of sp³-hybridized carbons (Fsp3) is 0.300. The van der Waals surface area contributed by atoms with Crippen LogP contribution < -0.4 is 0 Å². The molecule has 0 amide bonds. The van der Waals surface area contributed by atoms with E-state index in [2.05, 4.69) is 12.1 Å². The van der Waals surface area contributed by atoms with E-state index in [1.807, 2.05) is 63.2 Å². The lowest BCUT2D eigenvalue weighted by Crippen LogP contribution is -2.36. The van der Waals surface area contributed by atoms with Gasteiger partial charge in [-0.3, -0.25) is 0 Å². The lowest BCUT2D eigenvalue weighted by molar-refractivity contribution is -0.137. The molecule has 2 aromatic carbocycles. The van der Waals surface area contributed by atoms with E-state index in [9.17, 15) is 4.79 Å². The van der Waals surface area contributed by atoms with E-state index >= 15 is 0 Å². The maximum atomic E-state index is 12.7. The number of esters is 1. The van der Waals surface area contributed by atoms with Gasteiger partial charge in [-0.25, -0.2) is 9.79 Å². The van der Waals surface area contributed by atoms with Gasteiger partial charge in [-0.05, 0) is 30.0 Å². The molecule has 0 saturated heterocycles. The number of hydrogen-bond donors (Lipinski definition) is 0. The molecular weight excluding hydrogens is 318 g/mol. The highest BCUT2D eigenvalue weighted by atomic mass is 32.2. The molecule has 3 rings (SSSR count). The number of carbonyl (C=O) groups excluding carboxylic acids is 1. The molecule has 124 valence electrons. The summed E-state index contributed by atoms with van der Waals surface area (Å²) in [6.07, 6.45) is 0. The van der Waals surface area contributed by atoms with Gasteiger partial charge in [0.1, 0.15) is 0 Å². The predicted molar refractivity (Wildman–Crippen MR) is 99.1 cm³/mol. The van der Waals surface area contributed by atoms with E-state index in [0.717, 1.165) is 16.9 Å². The molecule has 0 bridgehead atoms. The summed E-state index contributed by atoms with van der Waals surface area (Å²) in [6, 6.07) is 18.0. The molecule has 0 fully saturated rings. The van der Waals surface area contributed by atoms with Crippen LogP contribution >= 0.6 is 11.8 Å². The van der Waals surface area contributed by atoms with Gasteiger partial charge in [0, 0.05) is 11.3 Å². The van der Waals surface area contributed by atoms with Crippen LogP contribution in [0.2, 0.25) is 0 Å². The molecule has 1 atom stereocenters. The second-order valence-electron chi connectivity index (χ2n) is 6.25. The van der Waals surface area contributed by atoms with Gasteiger partial charge in [0.05, 0.1) is 0 Å². The van der Waals surface area contributed by atoms with Crippen molar-refractivity contribution < 1.29 is 9.53 Å². The number of aryl methyl sites for hydroxylation is 1. The first-order chi connectivity index (χ1) is 11.5. The zero-order chi connectivity index (χ0) is 17.2. The standard InChI is InChI=1S/C20H21NO2S/c1-14(2)20(24-13-16-10-5-4-6-11-16)19(22)23-18(21-20)17-12-8-7-9-15(17)3/h4-12,14H,13H2,1-3H3/t20-/m1/s1. The Hall–Kier alpha value is -2.07. The highest BCUT2D eigenvalue weighted by molar-refractivity contribution is 8.00. The Balaban J connectivity index is 1.91. The van der Waals surface area contributed by atoms with Gasteiger partial charge in [0.15, 0.2) is 0 Å². The predicted octanol–water partition coefficient (Wildman–Crippen LogP) is 4.58. The molecule has 1 aliphatic heterocycles. The summed E-state index contributed by atoms with van der Waals surface area (Å²) in [5.74, 6) is 0.933. The molecule has 1 heterocycles. The van der Waals surface area contributed by atoms with Gasteiger partial charge in [0.25, 0.3) is 0 Å². The third kappa shape index (κ3) is 3.11. The lowest BCUT2D eigenvalue weighted by atomic mass is 10.0. The second kappa shape index (κ2) is 6.81. The lowest BCUT2D eigenvalue weighted by Gasteiger charge is -2.25. The number of thioether (sulfide) groups is 1. The van der Waals surface area contributed by atoms with Crippen molar-refractivity contribution in [1.82, 2.24) is 0 Å². The quantitative estimate of drug-likeness (QED) is 0.748. The van der Waals surface area contributed by atoms with E-state index in [0.29, 0.717) is 5.90 Å². The Kier molecular flexibility index (Phi) is 4.76. The highest BCUT2D eigenvalue weighted by Crippen LogP contribution is 2.42. The first-order valence-corrected chi connectivity index (χ1v) is 9.07. The Morgan fingerprint density at radius 2 is 1.75 bits per heavy atom. The van der Waals surface area contributed by atoms with E-state index < -0.39 is 4.87 Å². The molecule has 0 aliphatic carbocycles. The van der Waals surface area contributed by atoms with Gasteiger partial charge in [-0.2, -0.15) is 0 Å². The van der Waals surface area contributed by atoms with Crippen molar-refractivity contribution in [2.24, 2.45) is 10.9 Å². The molecule has 0 spiro atoms. The van der Waals surface area contributed by atoms with Gasteiger partial charge in [-0.15, -0.1) is 11.8 Å². The third-order valence-corrected chi connectivity index (χ3v) is 5.86. The summed E-state index contributed by atoms with van der Waals surface area (Å²) in [4.78, 5) is 16.6. The number of benzene rings is 2. The van der Waals surface area contributed by atoms with Crippen molar-refractivity contribution in [3.05, 3.63) is 71.3 Å². The fourth-order valence-corrected chi connectivity index (χ4v) is 3.92. The normalized spacial score (nSPS) is 20.2. The van der Waals surface area contributed by atoms with Crippen LogP contribution in [0.1, 0.15) is 30.5 Å². The number of aliphatic imine (C=N–C) groups is 1. The molecule has 1 aliphatic rings. The summed E-state index contributed by atoms with van der Waals surface area (Å²) >= 11 is 1.54. The Morgan fingerprint density at radius 3 is 2.42 bits per heavy atom. The smallest absolute Gasteiger partial charge is 0.351 e. The van der Waals surface area contributed by atoms with E-state index in [1.54, 1.807) is 11.8 Å². The summed E-state index contributed by atoms with van der Waals surface area (Å²) in [6.45, 7) is 6.03. The van der Waals surface area contributed by atoms with Crippen LogP contribution in [0.15, 0.2) is 59.6 Å². The van der Waals surface area contributed by atoms with E-state index in [-0.39, 0.29) is 11.9 Å². The largest absolute Gasteiger partial charge is 0.405 e. The Morgan fingerprint density at radius 1 is 1.08 bits per heavy atom. The third-order valence-electron chi connectivity index (χ3n) is 4.21. The average Bonchev–Trinajstić information content (AvgIpc) is 2.92. The molecule has 4 heteroatoms. The van der Waals surface area contributed by atoms with Gasteiger partial charge < -0.3 is 4.74 Å². The minimum atomic E-state index is -0.881. The van der Waals surface area contributed by atoms with Gasteiger partial charge in [-0.1, -0.05) is 62.4 Å². The van der Waals surface area contributed by atoms with Crippen LogP contribution in [0.3, 0.4) is 0 Å². The SMILES string of the molecule is Cc1ccccc1C1=N[C@@](SCc2ccccc2)(C(C)C)C(=O)O1. The Labute approximate surface area is 147 Å². The molecular formula is C20H21NO2S. The summed E-state index contributed by atoms with van der Waals surface area (Å²) in [7, 11) is 0.